The van der Waals surface area contributed by atoms with Gasteiger partial charge in [-0.25, -0.2) is 0 Å². The minimum atomic E-state index is -0.0365. The molecule has 0 aromatic carbocycles. The van der Waals surface area contributed by atoms with Crippen LogP contribution in [0.5, 0.6) is 0 Å². The van der Waals surface area contributed by atoms with Crippen molar-refractivity contribution in [1.29, 1.82) is 0 Å². The highest BCUT2D eigenvalue weighted by atomic mass is 35.5. The molecule has 0 atom stereocenters. The van der Waals surface area contributed by atoms with Crippen LogP contribution in [0.4, 0.5) is 0 Å². The minimum absolute atomic E-state index is 0. The summed E-state index contributed by atoms with van der Waals surface area (Å²) in [5.74, 6) is 0. The zero-order valence-electron chi connectivity index (χ0n) is 5.79. The summed E-state index contributed by atoms with van der Waals surface area (Å²) in [6, 6.07) is 0.730. The number of likely N-dealkylation sites (tertiary alicyclic amines) is 1. The van der Waals surface area contributed by atoms with E-state index in [4.69, 9.17) is 5.11 Å². The SMILES string of the molecule is Cl.OC1CN(C2CNC2)C1. The summed E-state index contributed by atoms with van der Waals surface area (Å²) < 4.78 is 0. The highest BCUT2D eigenvalue weighted by Crippen LogP contribution is 2.14. The molecule has 0 spiro atoms. The molecule has 0 aromatic heterocycles. The summed E-state index contributed by atoms with van der Waals surface area (Å²) in [7, 11) is 0. The molecule has 2 heterocycles. The summed E-state index contributed by atoms with van der Waals surface area (Å²) in [5, 5.41) is 12.1. The Kier molecular flexibility index (Phi) is 2.52. The van der Waals surface area contributed by atoms with Gasteiger partial charge < -0.3 is 10.4 Å². The maximum atomic E-state index is 8.92. The number of nitrogens with one attached hydrogen (secondary N) is 1. The van der Waals surface area contributed by atoms with Gasteiger partial charge in [-0.2, -0.15) is 0 Å². The summed E-state index contributed by atoms with van der Waals surface area (Å²) >= 11 is 0. The molecule has 2 fully saturated rings. The fourth-order valence-corrected chi connectivity index (χ4v) is 1.32. The number of hydrogen-bond acceptors (Lipinski definition) is 3. The molecular formula is C6H13ClN2O. The van der Waals surface area contributed by atoms with Crippen molar-refractivity contribution < 1.29 is 5.11 Å². The lowest BCUT2D eigenvalue weighted by molar-refractivity contribution is -0.0369. The average Bonchev–Trinajstić information content (AvgIpc) is 1.57. The van der Waals surface area contributed by atoms with Gasteiger partial charge in [-0.15, -0.1) is 12.4 Å². The van der Waals surface area contributed by atoms with Gasteiger partial charge >= 0.3 is 0 Å². The van der Waals surface area contributed by atoms with Gasteiger partial charge in [0.25, 0.3) is 0 Å². The van der Waals surface area contributed by atoms with Crippen LogP contribution in [0.15, 0.2) is 0 Å². The maximum Gasteiger partial charge on any atom is 0.0794 e. The summed E-state index contributed by atoms with van der Waals surface area (Å²) in [5.41, 5.74) is 0. The Hall–Kier alpha value is 0.170. The Morgan fingerprint density at radius 3 is 2.20 bits per heavy atom. The first-order valence-corrected chi connectivity index (χ1v) is 3.49. The number of halogens is 1. The molecular weight excluding hydrogens is 152 g/mol. The van der Waals surface area contributed by atoms with Gasteiger partial charge in [-0.1, -0.05) is 0 Å². The van der Waals surface area contributed by atoms with Crippen molar-refractivity contribution in [2.24, 2.45) is 0 Å². The third kappa shape index (κ3) is 1.27. The first kappa shape index (κ1) is 8.27. The number of aliphatic hydroxyl groups excluding tert-OH is 1. The number of β-amino-alcohol motifs (C(OH)–C–C–N with tert-alkyl or cyclic N) is 1. The molecule has 0 bridgehead atoms. The van der Waals surface area contributed by atoms with Crippen molar-refractivity contribution in [2.45, 2.75) is 12.1 Å². The van der Waals surface area contributed by atoms with Crippen molar-refractivity contribution in [3.63, 3.8) is 0 Å². The second-order valence-corrected chi connectivity index (χ2v) is 2.92. The molecule has 2 aliphatic heterocycles. The monoisotopic (exact) mass is 164 g/mol. The van der Waals surface area contributed by atoms with Crippen molar-refractivity contribution in [3.05, 3.63) is 0 Å². The van der Waals surface area contributed by atoms with Crippen molar-refractivity contribution >= 4 is 12.4 Å². The summed E-state index contributed by atoms with van der Waals surface area (Å²) in [4.78, 5) is 2.32. The van der Waals surface area contributed by atoms with Crippen LogP contribution in [0.25, 0.3) is 0 Å². The standard InChI is InChI=1S/C6H12N2O.ClH/c9-6-3-8(4-6)5-1-7-2-5;/h5-7,9H,1-4H2;1H. The van der Waals surface area contributed by atoms with Gasteiger partial charge in [0, 0.05) is 32.2 Å². The molecule has 2 saturated heterocycles. The zero-order valence-corrected chi connectivity index (χ0v) is 6.60. The highest BCUT2D eigenvalue weighted by Gasteiger charge is 2.33. The molecule has 3 nitrogen and oxygen atoms in total. The van der Waals surface area contributed by atoms with Gasteiger partial charge in [0.15, 0.2) is 0 Å². The molecule has 0 saturated carbocycles. The number of rotatable bonds is 1. The second kappa shape index (κ2) is 3.05. The molecule has 10 heavy (non-hydrogen) atoms. The summed E-state index contributed by atoms with van der Waals surface area (Å²) in [6.07, 6.45) is -0.0365. The fraction of sp³-hybridized carbons (Fsp3) is 1.00. The largest absolute Gasteiger partial charge is 0.390 e. The van der Waals surface area contributed by atoms with E-state index >= 15 is 0 Å². The van der Waals surface area contributed by atoms with Crippen LogP contribution in [0.1, 0.15) is 0 Å². The van der Waals surface area contributed by atoms with E-state index in [1.165, 1.54) is 0 Å². The fourth-order valence-electron chi connectivity index (χ4n) is 1.32. The van der Waals surface area contributed by atoms with Crippen molar-refractivity contribution in [3.8, 4) is 0 Å². The van der Waals surface area contributed by atoms with E-state index in [1.807, 2.05) is 0 Å². The quantitative estimate of drug-likeness (QED) is 0.525. The van der Waals surface area contributed by atoms with Gasteiger partial charge in [0.2, 0.25) is 0 Å². The van der Waals surface area contributed by atoms with Gasteiger partial charge in [-0.3, -0.25) is 4.90 Å². The predicted molar refractivity (Wildman–Crippen MR) is 41.5 cm³/mol. The van der Waals surface area contributed by atoms with E-state index in [-0.39, 0.29) is 18.5 Å². The van der Waals surface area contributed by atoms with Crippen LogP contribution >= 0.6 is 12.4 Å². The lowest BCUT2D eigenvalue weighted by Crippen LogP contribution is -2.65. The van der Waals surface area contributed by atoms with E-state index in [0.717, 1.165) is 32.2 Å². The Morgan fingerprint density at radius 2 is 1.90 bits per heavy atom. The first-order chi connectivity index (χ1) is 4.36. The Bertz CT molecular complexity index is 112. The molecule has 0 amide bonds. The van der Waals surface area contributed by atoms with Crippen LogP contribution in [-0.2, 0) is 0 Å². The zero-order chi connectivity index (χ0) is 6.27. The Morgan fingerprint density at radius 1 is 1.30 bits per heavy atom. The lowest BCUT2D eigenvalue weighted by atomic mass is 10.0. The number of hydrogen-bond donors (Lipinski definition) is 2. The molecule has 2 rings (SSSR count). The van der Waals surface area contributed by atoms with E-state index in [1.54, 1.807) is 0 Å². The van der Waals surface area contributed by atoms with Gasteiger partial charge in [-0.05, 0) is 0 Å². The topological polar surface area (TPSA) is 35.5 Å². The molecule has 2 N–H and O–H groups in total. The van der Waals surface area contributed by atoms with Crippen molar-refractivity contribution in [2.75, 3.05) is 26.2 Å². The van der Waals surface area contributed by atoms with Crippen LogP contribution in [-0.4, -0.2) is 48.3 Å². The third-order valence-electron chi connectivity index (χ3n) is 2.17. The van der Waals surface area contributed by atoms with E-state index in [9.17, 15) is 0 Å². The van der Waals surface area contributed by atoms with Crippen LogP contribution < -0.4 is 5.32 Å². The molecule has 0 aromatic rings. The Balaban J connectivity index is 0.000000500. The molecule has 0 aliphatic carbocycles. The Labute approximate surface area is 66.8 Å². The maximum absolute atomic E-state index is 8.92. The van der Waals surface area contributed by atoms with E-state index < -0.39 is 0 Å². The van der Waals surface area contributed by atoms with Gasteiger partial charge in [0.1, 0.15) is 0 Å². The lowest BCUT2D eigenvalue weighted by Gasteiger charge is -2.46. The van der Waals surface area contributed by atoms with Gasteiger partial charge in [0.05, 0.1) is 6.10 Å². The van der Waals surface area contributed by atoms with Crippen molar-refractivity contribution in [1.82, 2.24) is 10.2 Å². The van der Waals surface area contributed by atoms with Crippen LogP contribution in [0.3, 0.4) is 0 Å². The first-order valence-electron chi connectivity index (χ1n) is 3.49. The third-order valence-corrected chi connectivity index (χ3v) is 2.17. The van der Waals surface area contributed by atoms with E-state index in [0.29, 0.717) is 0 Å². The normalized spacial score (nSPS) is 28.5. The average molecular weight is 165 g/mol. The highest BCUT2D eigenvalue weighted by molar-refractivity contribution is 5.85. The number of nitrogens with zero attached hydrogens (tertiary/aromatic N) is 1. The number of aliphatic hydroxyl groups is 1. The van der Waals surface area contributed by atoms with E-state index in [2.05, 4.69) is 10.2 Å². The summed E-state index contributed by atoms with van der Waals surface area (Å²) in [6.45, 7) is 4.03. The minimum Gasteiger partial charge on any atom is -0.390 e. The molecule has 0 unspecified atom stereocenters. The molecule has 60 valence electrons. The molecule has 4 heteroatoms. The van der Waals surface area contributed by atoms with Crippen LogP contribution in [0.2, 0.25) is 0 Å². The van der Waals surface area contributed by atoms with Crippen LogP contribution in [0, 0.1) is 0 Å². The molecule has 2 aliphatic rings. The smallest absolute Gasteiger partial charge is 0.0794 e. The molecule has 0 radical (unpaired) electrons. The predicted octanol–water partition coefficient (Wildman–Crippen LogP) is -0.944. The second-order valence-electron chi connectivity index (χ2n) is 2.92.